The zero-order valence-electron chi connectivity index (χ0n) is 22.2. The minimum absolute atomic E-state index is 0.0209. The van der Waals surface area contributed by atoms with Crippen LogP contribution in [0.5, 0.6) is 0 Å². The van der Waals surface area contributed by atoms with Crippen LogP contribution in [0, 0.1) is 0 Å². The van der Waals surface area contributed by atoms with E-state index in [0.717, 1.165) is 0 Å². The van der Waals surface area contributed by atoms with Crippen LogP contribution < -0.4 is 10.6 Å². The highest BCUT2D eigenvalue weighted by molar-refractivity contribution is 6.30. The SMILES string of the molecule is O=C(CCCC(=O)N1CCOCC1)Nc1c(C(=O)Nc2ccc(Cl)cn2)oc2ccc(C(=O)N3CCOCC3)nc12. The maximum absolute atomic E-state index is 13.2. The van der Waals surface area contributed by atoms with Gasteiger partial charge in [0.2, 0.25) is 17.6 Å². The van der Waals surface area contributed by atoms with Crippen molar-refractivity contribution in [2.45, 2.75) is 19.3 Å². The first-order valence-corrected chi connectivity index (χ1v) is 13.7. The maximum Gasteiger partial charge on any atom is 0.294 e. The van der Waals surface area contributed by atoms with Gasteiger partial charge in [-0.25, -0.2) is 9.97 Å². The second-order valence-corrected chi connectivity index (χ2v) is 9.90. The maximum atomic E-state index is 13.2. The molecule has 14 heteroatoms. The highest BCUT2D eigenvalue weighted by Gasteiger charge is 2.27. The number of nitrogens with one attached hydrogen (secondary N) is 2. The summed E-state index contributed by atoms with van der Waals surface area (Å²) in [4.78, 5) is 63.6. The molecule has 0 atom stereocenters. The van der Waals surface area contributed by atoms with Crippen molar-refractivity contribution in [3.05, 3.63) is 46.9 Å². The first kappa shape index (κ1) is 28.5. The van der Waals surface area contributed by atoms with E-state index in [4.69, 9.17) is 25.5 Å². The number of nitrogens with zero attached hydrogens (tertiary/aromatic N) is 4. The van der Waals surface area contributed by atoms with Gasteiger partial charge in [0.15, 0.2) is 5.58 Å². The molecule has 3 aromatic heterocycles. The minimum atomic E-state index is -0.684. The molecule has 0 aromatic carbocycles. The molecule has 2 fully saturated rings. The molecule has 2 aliphatic rings. The van der Waals surface area contributed by atoms with Crippen LogP contribution in [0.1, 0.15) is 40.3 Å². The fourth-order valence-electron chi connectivity index (χ4n) is 4.50. The molecule has 3 aromatic rings. The Labute approximate surface area is 240 Å². The second-order valence-electron chi connectivity index (χ2n) is 9.46. The molecule has 216 valence electrons. The summed E-state index contributed by atoms with van der Waals surface area (Å²) in [5.41, 5.74) is 0.511. The smallest absolute Gasteiger partial charge is 0.294 e. The van der Waals surface area contributed by atoms with E-state index in [2.05, 4.69) is 20.6 Å². The van der Waals surface area contributed by atoms with Crippen LogP contribution >= 0.6 is 11.6 Å². The molecule has 0 unspecified atom stereocenters. The van der Waals surface area contributed by atoms with E-state index in [0.29, 0.717) is 64.1 Å². The molecular formula is C27H29ClN6O7. The standard InChI is InChI=1S/C27H29ClN6O7/c28-17-4-7-20(29-16-17)31-26(37)25-24(32-21(35)2-1-3-22(36)33-8-12-39-13-9-33)23-19(41-25)6-5-18(30-23)27(38)34-10-14-40-15-11-34/h4-7,16H,1-3,8-15H2,(H,32,35)(H,29,31,37). The summed E-state index contributed by atoms with van der Waals surface area (Å²) in [6, 6.07) is 6.12. The number of anilines is 2. The van der Waals surface area contributed by atoms with Gasteiger partial charge in [0.05, 0.1) is 31.5 Å². The normalized spacial score (nSPS) is 15.5. The Morgan fingerprint density at radius 2 is 1.59 bits per heavy atom. The molecule has 5 rings (SSSR count). The highest BCUT2D eigenvalue weighted by Crippen LogP contribution is 2.31. The third kappa shape index (κ3) is 6.99. The van der Waals surface area contributed by atoms with Crippen molar-refractivity contribution in [3.8, 4) is 0 Å². The molecule has 0 aliphatic carbocycles. The zero-order chi connectivity index (χ0) is 28.8. The third-order valence-electron chi connectivity index (χ3n) is 6.65. The van der Waals surface area contributed by atoms with Crippen LogP contribution in [0.3, 0.4) is 0 Å². The monoisotopic (exact) mass is 584 g/mol. The molecule has 0 bridgehead atoms. The van der Waals surface area contributed by atoms with E-state index in [1.54, 1.807) is 15.9 Å². The van der Waals surface area contributed by atoms with Gasteiger partial charge in [0.25, 0.3) is 11.8 Å². The average Bonchev–Trinajstić information content (AvgIpc) is 3.36. The van der Waals surface area contributed by atoms with Gasteiger partial charge >= 0.3 is 0 Å². The number of rotatable bonds is 8. The molecule has 41 heavy (non-hydrogen) atoms. The predicted molar refractivity (Wildman–Crippen MR) is 148 cm³/mol. The van der Waals surface area contributed by atoms with Crippen molar-refractivity contribution >= 4 is 57.8 Å². The molecule has 2 aliphatic heterocycles. The summed E-state index contributed by atoms with van der Waals surface area (Å²) in [6.07, 6.45) is 1.91. The van der Waals surface area contributed by atoms with E-state index >= 15 is 0 Å². The summed E-state index contributed by atoms with van der Waals surface area (Å²) >= 11 is 5.89. The molecular weight excluding hydrogens is 556 g/mol. The molecule has 0 spiro atoms. The minimum Gasteiger partial charge on any atom is -0.447 e. The number of carbonyl (C=O) groups excluding carboxylic acids is 4. The lowest BCUT2D eigenvalue weighted by atomic mass is 10.2. The number of carbonyl (C=O) groups is 4. The lowest BCUT2D eigenvalue weighted by Crippen LogP contribution is -2.41. The Bertz CT molecular complexity index is 1430. The lowest BCUT2D eigenvalue weighted by Gasteiger charge is -2.26. The van der Waals surface area contributed by atoms with Gasteiger partial charge in [-0.15, -0.1) is 0 Å². The van der Waals surface area contributed by atoms with Crippen LogP contribution in [-0.4, -0.2) is 96.0 Å². The van der Waals surface area contributed by atoms with Crippen LogP contribution in [0.4, 0.5) is 11.5 Å². The van der Waals surface area contributed by atoms with Crippen molar-refractivity contribution in [3.63, 3.8) is 0 Å². The average molecular weight is 585 g/mol. The number of amides is 4. The number of morpholine rings is 2. The third-order valence-corrected chi connectivity index (χ3v) is 6.87. The van der Waals surface area contributed by atoms with Crippen molar-refractivity contribution < 1.29 is 33.1 Å². The summed E-state index contributed by atoms with van der Waals surface area (Å²) in [5, 5.41) is 5.73. The number of hydrogen-bond donors (Lipinski definition) is 2. The van der Waals surface area contributed by atoms with Crippen LogP contribution in [0.15, 0.2) is 34.9 Å². The molecule has 5 heterocycles. The summed E-state index contributed by atoms with van der Waals surface area (Å²) in [6.45, 7) is 3.78. The fourth-order valence-corrected chi connectivity index (χ4v) is 4.61. The van der Waals surface area contributed by atoms with Gasteiger partial charge < -0.3 is 34.3 Å². The number of aromatic nitrogens is 2. The quantitative estimate of drug-likeness (QED) is 0.406. The van der Waals surface area contributed by atoms with Gasteiger partial charge in [0.1, 0.15) is 22.7 Å². The van der Waals surface area contributed by atoms with E-state index in [1.807, 2.05) is 0 Å². The molecule has 2 N–H and O–H groups in total. The van der Waals surface area contributed by atoms with Gasteiger partial charge in [0, 0.05) is 45.2 Å². The molecule has 4 amide bonds. The van der Waals surface area contributed by atoms with E-state index in [9.17, 15) is 19.2 Å². The van der Waals surface area contributed by atoms with Crippen LogP contribution in [0.25, 0.3) is 11.1 Å². The van der Waals surface area contributed by atoms with Gasteiger partial charge in [-0.2, -0.15) is 0 Å². The van der Waals surface area contributed by atoms with Crippen LogP contribution in [0.2, 0.25) is 5.02 Å². The van der Waals surface area contributed by atoms with Gasteiger partial charge in [-0.1, -0.05) is 11.6 Å². The van der Waals surface area contributed by atoms with E-state index in [1.165, 1.54) is 24.4 Å². The number of halogens is 1. The lowest BCUT2D eigenvalue weighted by molar-refractivity contribution is -0.135. The van der Waals surface area contributed by atoms with Gasteiger partial charge in [-0.05, 0) is 30.7 Å². The Balaban J connectivity index is 1.36. The van der Waals surface area contributed by atoms with Crippen molar-refractivity contribution in [1.29, 1.82) is 0 Å². The number of hydrogen-bond acceptors (Lipinski definition) is 9. The summed E-state index contributed by atoms with van der Waals surface area (Å²) in [5.74, 6) is -1.46. The Morgan fingerprint density at radius 1 is 0.878 bits per heavy atom. The van der Waals surface area contributed by atoms with Gasteiger partial charge in [-0.3, -0.25) is 19.2 Å². The molecule has 13 nitrogen and oxygen atoms in total. The highest BCUT2D eigenvalue weighted by atomic mass is 35.5. The van der Waals surface area contributed by atoms with Crippen LogP contribution in [-0.2, 0) is 19.1 Å². The largest absolute Gasteiger partial charge is 0.447 e. The van der Waals surface area contributed by atoms with Crippen molar-refractivity contribution in [2.24, 2.45) is 0 Å². The predicted octanol–water partition coefficient (Wildman–Crippen LogP) is 2.57. The second kappa shape index (κ2) is 13.1. The molecule has 0 saturated carbocycles. The van der Waals surface area contributed by atoms with Crippen molar-refractivity contribution in [2.75, 3.05) is 63.2 Å². The topological polar surface area (TPSA) is 156 Å². The fraction of sp³-hybridized carbons (Fsp3) is 0.407. The first-order chi connectivity index (χ1) is 19.9. The Hall–Kier alpha value is -4.07. The Morgan fingerprint density at radius 3 is 2.27 bits per heavy atom. The number of pyridine rings is 2. The zero-order valence-corrected chi connectivity index (χ0v) is 22.9. The number of furan rings is 1. The number of ether oxygens (including phenoxy) is 2. The van der Waals surface area contributed by atoms with E-state index in [-0.39, 0.29) is 58.7 Å². The number of fused-ring (bicyclic) bond motifs is 1. The first-order valence-electron chi connectivity index (χ1n) is 13.3. The summed E-state index contributed by atoms with van der Waals surface area (Å²) < 4.78 is 16.4. The van der Waals surface area contributed by atoms with E-state index < -0.39 is 11.8 Å². The van der Waals surface area contributed by atoms with Crippen molar-refractivity contribution in [1.82, 2.24) is 19.8 Å². The molecule has 0 radical (unpaired) electrons. The summed E-state index contributed by atoms with van der Waals surface area (Å²) in [7, 11) is 0. The molecule has 2 saturated heterocycles. The Kier molecular flexibility index (Phi) is 9.07.